The normalized spacial score (nSPS) is 24.3. The topological polar surface area (TPSA) is 9.23 Å². The molecule has 1 saturated heterocycles. The first-order valence-electron chi connectivity index (χ1n) is 6.87. The molecule has 0 aliphatic carbocycles. The van der Waals surface area contributed by atoms with Gasteiger partial charge in [0.2, 0.25) is 0 Å². The SMILES string of the molecule is CC1(C)CCOCC(Cc2ccc(Cl)cc2)CC1. The van der Waals surface area contributed by atoms with Gasteiger partial charge in [0.05, 0.1) is 0 Å². The Morgan fingerprint density at radius 1 is 1.22 bits per heavy atom. The van der Waals surface area contributed by atoms with E-state index in [2.05, 4.69) is 26.0 Å². The fraction of sp³-hybridized carbons (Fsp3) is 0.625. The van der Waals surface area contributed by atoms with E-state index in [-0.39, 0.29) is 0 Å². The lowest BCUT2D eigenvalue weighted by molar-refractivity contribution is 0.0465. The molecule has 1 atom stereocenters. The second kappa shape index (κ2) is 6.08. The maximum absolute atomic E-state index is 5.91. The summed E-state index contributed by atoms with van der Waals surface area (Å²) in [4.78, 5) is 0. The van der Waals surface area contributed by atoms with Crippen LogP contribution < -0.4 is 0 Å². The molecule has 0 spiro atoms. The minimum atomic E-state index is 0.429. The Hall–Kier alpha value is -0.530. The van der Waals surface area contributed by atoms with Crippen LogP contribution >= 0.6 is 11.6 Å². The quantitative estimate of drug-likeness (QED) is 0.752. The molecular formula is C16H23ClO. The predicted octanol–water partition coefficient (Wildman–Crippen LogP) is 4.73. The number of hydrogen-bond acceptors (Lipinski definition) is 1. The zero-order valence-corrected chi connectivity index (χ0v) is 12.2. The summed E-state index contributed by atoms with van der Waals surface area (Å²) in [6, 6.07) is 8.22. The first-order valence-corrected chi connectivity index (χ1v) is 7.25. The van der Waals surface area contributed by atoms with Gasteiger partial charge in [-0.25, -0.2) is 0 Å². The van der Waals surface area contributed by atoms with Gasteiger partial charge in [-0.3, -0.25) is 0 Å². The third kappa shape index (κ3) is 4.29. The molecule has 0 N–H and O–H groups in total. The van der Waals surface area contributed by atoms with Crippen LogP contribution in [-0.2, 0) is 11.2 Å². The molecule has 2 heteroatoms. The van der Waals surface area contributed by atoms with Crippen molar-refractivity contribution in [2.24, 2.45) is 11.3 Å². The lowest BCUT2D eigenvalue weighted by Gasteiger charge is -2.30. The Kier molecular flexibility index (Phi) is 4.69. The third-order valence-corrected chi connectivity index (χ3v) is 4.20. The van der Waals surface area contributed by atoms with Crippen LogP contribution in [0.25, 0.3) is 0 Å². The van der Waals surface area contributed by atoms with Crippen molar-refractivity contribution < 1.29 is 4.74 Å². The van der Waals surface area contributed by atoms with Crippen LogP contribution in [0.4, 0.5) is 0 Å². The number of rotatable bonds is 2. The molecule has 18 heavy (non-hydrogen) atoms. The monoisotopic (exact) mass is 266 g/mol. The van der Waals surface area contributed by atoms with Gasteiger partial charge in [0.1, 0.15) is 0 Å². The van der Waals surface area contributed by atoms with Crippen LogP contribution in [0.2, 0.25) is 5.02 Å². The van der Waals surface area contributed by atoms with E-state index < -0.39 is 0 Å². The minimum absolute atomic E-state index is 0.429. The number of halogens is 1. The van der Waals surface area contributed by atoms with Gasteiger partial charge in [-0.05, 0) is 54.7 Å². The highest BCUT2D eigenvalue weighted by Crippen LogP contribution is 2.31. The molecule has 1 aliphatic rings. The summed E-state index contributed by atoms with van der Waals surface area (Å²) in [6.07, 6.45) is 4.85. The summed E-state index contributed by atoms with van der Waals surface area (Å²) in [5.74, 6) is 0.644. The van der Waals surface area contributed by atoms with Gasteiger partial charge in [0.25, 0.3) is 0 Å². The molecule has 2 rings (SSSR count). The highest BCUT2D eigenvalue weighted by atomic mass is 35.5. The molecule has 1 aromatic rings. The van der Waals surface area contributed by atoms with Crippen molar-refractivity contribution in [3.05, 3.63) is 34.9 Å². The maximum Gasteiger partial charge on any atom is 0.0497 e. The average molecular weight is 267 g/mol. The fourth-order valence-electron chi connectivity index (χ4n) is 2.52. The molecule has 1 heterocycles. The van der Waals surface area contributed by atoms with Crippen LogP contribution in [-0.4, -0.2) is 13.2 Å². The van der Waals surface area contributed by atoms with E-state index in [1.165, 1.54) is 24.8 Å². The second-order valence-corrected chi connectivity index (χ2v) is 6.66. The zero-order chi connectivity index (χ0) is 13.0. The van der Waals surface area contributed by atoms with E-state index in [9.17, 15) is 0 Å². The predicted molar refractivity (Wildman–Crippen MR) is 77.1 cm³/mol. The van der Waals surface area contributed by atoms with E-state index in [4.69, 9.17) is 16.3 Å². The molecule has 0 aromatic heterocycles. The van der Waals surface area contributed by atoms with E-state index in [1.807, 2.05) is 12.1 Å². The highest BCUT2D eigenvalue weighted by Gasteiger charge is 2.23. The summed E-state index contributed by atoms with van der Waals surface area (Å²) < 4.78 is 5.79. The van der Waals surface area contributed by atoms with Crippen LogP contribution in [0.1, 0.15) is 38.7 Å². The maximum atomic E-state index is 5.91. The van der Waals surface area contributed by atoms with Crippen molar-refractivity contribution in [2.45, 2.75) is 39.5 Å². The standard InChI is InChI=1S/C16H23ClO/c1-16(2)8-7-14(12-18-10-9-16)11-13-3-5-15(17)6-4-13/h3-6,14H,7-12H2,1-2H3. The van der Waals surface area contributed by atoms with Crippen LogP contribution in [0.3, 0.4) is 0 Å². The first-order chi connectivity index (χ1) is 8.55. The molecule has 0 amide bonds. The number of benzene rings is 1. The van der Waals surface area contributed by atoms with Crippen molar-refractivity contribution in [3.8, 4) is 0 Å². The van der Waals surface area contributed by atoms with Gasteiger partial charge in [0, 0.05) is 18.2 Å². The summed E-state index contributed by atoms with van der Waals surface area (Å²) >= 11 is 5.91. The zero-order valence-electron chi connectivity index (χ0n) is 11.4. The molecule has 1 unspecified atom stereocenters. The minimum Gasteiger partial charge on any atom is -0.381 e. The van der Waals surface area contributed by atoms with E-state index in [0.29, 0.717) is 11.3 Å². The van der Waals surface area contributed by atoms with Crippen LogP contribution in [0, 0.1) is 11.3 Å². The third-order valence-electron chi connectivity index (χ3n) is 3.94. The first kappa shape index (κ1) is 13.9. The molecule has 0 bridgehead atoms. The highest BCUT2D eigenvalue weighted by molar-refractivity contribution is 6.30. The van der Waals surface area contributed by atoms with Crippen molar-refractivity contribution in [1.29, 1.82) is 0 Å². The Labute approximate surface area is 115 Å². The summed E-state index contributed by atoms with van der Waals surface area (Å²) in [6.45, 7) is 6.50. The van der Waals surface area contributed by atoms with Crippen LogP contribution in [0.5, 0.6) is 0 Å². The van der Waals surface area contributed by atoms with Crippen molar-refractivity contribution in [1.82, 2.24) is 0 Å². The molecule has 100 valence electrons. The Morgan fingerprint density at radius 2 is 1.94 bits per heavy atom. The van der Waals surface area contributed by atoms with Gasteiger partial charge in [-0.1, -0.05) is 37.6 Å². The number of hydrogen-bond donors (Lipinski definition) is 0. The van der Waals surface area contributed by atoms with Gasteiger partial charge < -0.3 is 4.74 Å². The van der Waals surface area contributed by atoms with Gasteiger partial charge in [-0.2, -0.15) is 0 Å². The summed E-state index contributed by atoms with van der Waals surface area (Å²) in [5, 5.41) is 0.814. The van der Waals surface area contributed by atoms with E-state index >= 15 is 0 Å². The molecule has 1 aliphatic heterocycles. The van der Waals surface area contributed by atoms with Gasteiger partial charge in [-0.15, -0.1) is 0 Å². The van der Waals surface area contributed by atoms with Crippen molar-refractivity contribution >= 4 is 11.6 Å². The second-order valence-electron chi connectivity index (χ2n) is 6.22. The van der Waals surface area contributed by atoms with Gasteiger partial charge in [0.15, 0.2) is 0 Å². The molecule has 0 radical (unpaired) electrons. The smallest absolute Gasteiger partial charge is 0.0497 e. The average Bonchev–Trinajstić information content (AvgIpc) is 2.32. The Bertz CT molecular complexity index is 369. The largest absolute Gasteiger partial charge is 0.381 e. The molecule has 0 saturated carbocycles. The summed E-state index contributed by atoms with van der Waals surface area (Å²) in [5.41, 5.74) is 1.80. The summed E-state index contributed by atoms with van der Waals surface area (Å²) in [7, 11) is 0. The number of ether oxygens (including phenoxy) is 1. The Morgan fingerprint density at radius 3 is 2.67 bits per heavy atom. The fourth-order valence-corrected chi connectivity index (χ4v) is 2.64. The molecule has 1 aromatic carbocycles. The van der Waals surface area contributed by atoms with Crippen molar-refractivity contribution in [3.63, 3.8) is 0 Å². The lowest BCUT2D eigenvalue weighted by atomic mass is 9.80. The van der Waals surface area contributed by atoms with E-state index in [0.717, 1.165) is 24.7 Å². The molecule has 1 fully saturated rings. The van der Waals surface area contributed by atoms with E-state index in [1.54, 1.807) is 0 Å². The lowest BCUT2D eigenvalue weighted by Crippen LogP contribution is -2.24. The molecule has 1 nitrogen and oxygen atoms in total. The van der Waals surface area contributed by atoms with Crippen LogP contribution in [0.15, 0.2) is 24.3 Å². The Balaban J connectivity index is 1.93. The van der Waals surface area contributed by atoms with Gasteiger partial charge >= 0.3 is 0 Å². The molecular weight excluding hydrogens is 244 g/mol. The van der Waals surface area contributed by atoms with Crippen molar-refractivity contribution in [2.75, 3.05) is 13.2 Å².